The molecule has 0 unspecified atom stereocenters. The van der Waals surface area contributed by atoms with Crippen LogP contribution in [-0.4, -0.2) is 30.3 Å². The summed E-state index contributed by atoms with van der Waals surface area (Å²) in [5.74, 6) is -3.33. The topological polar surface area (TPSA) is 58.6 Å². The van der Waals surface area contributed by atoms with E-state index in [0.717, 1.165) is 13.2 Å². The van der Waals surface area contributed by atoms with E-state index in [1.165, 1.54) is 6.07 Å². The van der Waals surface area contributed by atoms with Crippen LogP contribution in [0.3, 0.4) is 0 Å². The highest BCUT2D eigenvalue weighted by molar-refractivity contribution is 5.90. The number of esters is 1. The third-order valence-electron chi connectivity index (χ3n) is 2.70. The minimum atomic E-state index is -1.25. The molecule has 1 rings (SSSR count). The first-order valence-corrected chi connectivity index (χ1v) is 5.77. The average molecular weight is 273 g/mol. The van der Waals surface area contributed by atoms with E-state index in [4.69, 9.17) is 5.11 Å². The Morgan fingerprint density at radius 1 is 1.37 bits per heavy atom. The summed E-state index contributed by atoms with van der Waals surface area (Å²) in [6, 6.07) is 2.42. The highest BCUT2D eigenvalue weighted by atomic mass is 19.2. The Balaban J connectivity index is 3.06. The van der Waals surface area contributed by atoms with Gasteiger partial charge in [0.1, 0.15) is 0 Å². The maximum Gasteiger partial charge on any atom is 0.340 e. The van der Waals surface area contributed by atoms with Crippen LogP contribution in [0.2, 0.25) is 0 Å². The number of carbonyl (C=O) groups is 1. The van der Waals surface area contributed by atoms with Crippen molar-refractivity contribution in [2.45, 2.75) is 25.8 Å². The molecule has 106 valence electrons. The zero-order valence-corrected chi connectivity index (χ0v) is 11.1. The van der Waals surface area contributed by atoms with Gasteiger partial charge in [-0.05, 0) is 32.4 Å². The molecule has 1 aromatic rings. The van der Waals surface area contributed by atoms with Crippen LogP contribution in [0.4, 0.5) is 14.5 Å². The molecule has 0 aliphatic rings. The van der Waals surface area contributed by atoms with E-state index in [2.05, 4.69) is 10.1 Å². The largest absolute Gasteiger partial charge is 0.465 e. The van der Waals surface area contributed by atoms with Crippen molar-refractivity contribution >= 4 is 11.7 Å². The van der Waals surface area contributed by atoms with Crippen LogP contribution in [-0.2, 0) is 4.74 Å². The first-order chi connectivity index (χ1) is 8.82. The fourth-order valence-corrected chi connectivity index (χ4v) is 1.62. The van der Waals surface area contributed by atoms with E-state index in [0.29, 0.717) is 6.42 Å². The molecular formula is C13H17F2NO3. The number of benzene rings is 1. The first kappa shape index (κ1) is 15.4. The maximum absolute atomic E-state index is 13.8. The Labute approximate surface area is 110 Å². The number of ether oxygens (including phenoxy) is 1. The molecule has 0 atom stereocenters. The predicted molar refractivity (Wildman–Crippen MR) is 67.1 cm³/mol. The van der Waals surface area contributed by atoms with Gasteiger partial charge >= 0.3 is 5.97 Å². The number of hydrogen-bond acceptors (Lipinski definition) is 4. The summed E-state index contributed by atoms with van der Waals surface area (Å²) >= 11 is 0. The van der Waals surface area contributed by atoms with Crippen LogP contribution < -0.4 is 5.32 Å². The van der Waals surface area contributed by atoms with Gasteiger partial charge in [-0.2, -0.15) is 0 Å². The fourth-order valence-electron chi connectivity index (χ4n) is 1.62. The zero-order chi connectivity index (χ0) is 14.6. The van der Waals surface area contributed by atoms with Gasteiger partial charge in [-0.15, -0.1) is 0 Å². The maximum atomic E-state index is 13.8. The minimum Gasteiger partial charge on any atom is -0.465 e. The van der Waals surface area contributed by atoms with E-state index in [1.54, 1.807) is 13.8 Å². The Morgan fingerprint density at radius 2 is 2.00 bits per heavy atom. The van der Waals surface area contributed by atoms with Gasteiger partial charge in [0, 0.05) is 12.1 Å². The van der Waals surface area contributed by atoms with Crippen LogP contribution in [0.15, 0.2) is 12.1 Å². The molecule has 0 saturated heterocycles. The average Bonchev–Trinajstić information content (AvgIpc) is 2.34. The molecule has 1 aromatic carbocycles. The van der Waals surface area contributed by atoms with Gasteiger partial charge in [-0.25, -0.2) is 13.6 Å². The van der Waals surface area contributed by atoms with Gasteiger partial charge in [0.05, 0.1) is 18.4 Å². The predicted octanol–water partition coefficient (Wildman–Crippen LogP) is 2.32. The molecule has 6 heteroatoms. The van der Waals surface area contributed by atoms with Crippen LogP contribution in [0.5, 0.6) is 0 Å². The van der Waals surface area contributed by atoms with Crippen LogP contribution in [0.1, 0.15) is 30.6 Å². The molecule has 0 amide bonds. The second-order valence-corrected chi connectivity index (χ2v) is 4.76. The van der Waals surface area contributed by atoms with E-state index in [9.17, 15) is 13.6 Å². The molecular weight excluding hydrogens is 256 g/mol. The summed E-state index contributed by atoms with van der Waals surface area (Å²) < 4.78 is 31.9. The summed E-state index contributed by atoms with van der Waals surface area (Å²) in [6.45, 7) is 3.41. The number of nitrogens with one attached hydrogen (secondary N) is 1. The molecule has 0 saturated carbocycles. The van der Waals surface area contributed by atoms with Gasteiger partial charge < -0.3 is 15.2 Å². The number of anilines is 1. The number of aliphatic hydroxyl groups is 1. The Kier molecular flexibility index (Phi) is 4.83. The summed E-state index contributed by atoms with van der Waals surface area (Å²) in [5, 5.41) is 11.7. The Hall–Kier alpha value is -1.69. The molecule has 0 bridgehead atoms. The standard InChI is InChI=1S/C13H17F2NO3/c1-13(2,6-7-17)16-9-5-4-8(12(18)19-3)10(14)11(9)15/h4-5,16-17H,6-7H2,1-3H3. The smallest absolute Gasteiger partial charge is 0.340 e. The van der Waals surface area contributed by atoms with Gasteiger partial charge in [-0.1, -0.05) is 0 Å². The quantitative estimate of drug-likeness (QED) is 0.808. The summed E-state index contributed by atoms with van der Waals surface area (Å²) in [7, 11) is 1.09. The van der Waals surface area contributed by atoms with Gasteiger partial charge in [0.2, 0.25) is 0 Å². The van der Waals surface area contributed by atoms with Crippen molar-refractivity contribution in [3.63, 3.8) is 0 Å². The van der Waals surface area contributed by atoms with E-state index < -0.39 is 28.7 Å². The SMILES string of the molecule is COC(=O)c1ccc(NC(C)(C)CCO)c(F)c1F. The van der Waals surface area contributed by atoms with Gasteiger partial charge in [0.15, 0.2) is 11.6 Å². The number of carbonyl (C=O) groups excluding carboxylic acids is 1. The number of methoxy groups -OCH3 is 1. The third-order valence-corrected chi connectivity index (χ3v) is 2.70. The molecule has 0 aliphatic heterocycles. The van der Waals surface area contributed by atoms with Crippen molar-refractivity contribution in [2.75, 3.05) is 19.0 Å². The van der Waals surface area contributed by atoms with Crippen molar-refractivity contribution < 1.29 is 23.4 Å². The van der Waals surface area contributed by atoms with Crippen LogP contribution in [0.25, 0.3) is 0 Å². The molecule has 0 aliphatic carbocycles. The van der Waals surface area contributed by atoms with Crippen molar-refractivity contribution in [3.05, 3.63) is 29.3 Å². The number of halogens is 2. The van der Waals surface area contributed by atoms with E-state index in [1.807, 2.05) is 0 Å². The van der Waals surface area contributed by atoms with E-state index in [-0.39, 0.29) is 12.3 Å². The summed E-state index contributed by atoms with van der Waals surface area (Å²) in [4.78, 5) is 11.2. The second-order valence-electron chi connectivity index (χ2n) is 4.76. The molecule has 19 heavy (non-hydrogen) atoms. The Morgan fingerprint density at radius 3 is 2.53 bits per heavy atom. The van der Waals surface area contributed by atoms with Gasteiger partial charge in [0.25, 0.3) is 0 Å². The molecule has 4 nitrogen and oxygen atoms in total. The van der Waals surface area contributed by atoms with Crippen molar-refractivity contribution in [3.8, 4) is 0 Å². The molecule has 0 radical (unpaired) electrons. The third kappa shape index (κ3) is 3.64. The lowest BCUT2D eigenvalue weighted by Gasteiger charge is -2.27. The van der Waals surface area contributed by atoms with Crippen molar-refractivity contribution in [2.24, 2.45) is 0 Å². The summed E-state index contributed by atoms with van der Waals surface area (Å²) in [6.07, 6.45) is 0.368. The minimum absolute atomic E-state index is 0.0661. The monoisotopic (exact) mass is 273 g/mol. The summed E-state index contributed by atoms with van der Waals surface area (Å²) in [5.41, 5.74) is -1.12. The van der Waals surface area contributed by atoms with Crippen molar-refractivity contribution in [1.29, 1.82) is 0 Å². The lowest BCUT2D eigenvalue weighted by atomic mass is 10.0. The highest BCUT2D eigenvalue weighted by Gasteiger charge is 2.23. The molecule has 0 fully saturated rings. The van der Waals surface area contributed by atoms with Gasteiger partial charge in [-0.3, -0.25) is 0 Å². The normalized spacial score (nSPS) is 11.3. The lowest BCUT2D eigenvalue weighted by molar-refractivity contribution is 0.0594. The van der Waals surface area contributed by atoms with Crippen molar-refractivity contribution in [1.82, 2.24) is 0 Å². The Bertz CT molecular complexity index is 475. The highest BCUT2D eigenvalue weighted by Crippen LogP contribution is 2.25. The second kappa shape index (κ2) is 5.97. The van der Waals surface area contributed by atoms with Crippen LogP contribution in [0, 0.1) is 11.6 Å². The molecule has 0 heterocycles. The van der Waals surface area contributed by atoms with E-state index >= 15 is 0 Å². The molecule has 0 aromatic heterocycles. The lowest BCUT2D eigenvalue weighted by Crippen LogP contribution is -2.32. The zero-order valence-electron chi connectivity index (χ0n) is 11.1. The van der Waals surface area contributed by atoms with Crippen LogP contribution >= 0.6 is 0 Å². The first-order valence-electron chi connectivity index (χ1n) is 5.77. The molecule has 2 N–H and O–H groups in total. The number of rotatable bonds is 5. The fraction of sp³-hybridized carbons (Fsp3) is 0.462. The molecule has 0 spiro atoms. The number of hydrogen-bond donors (Lipinski definition) is 2. The number of aliphatic hydroxyl groups excluding tert-OH is 1.